The number of aliphatic imine (C=N–C) groups is 1. The lowest BCUT2D eigenvalue weighted by Gasteiger charge is -2.23. The van der Waals surface area contributed by atoms with Crippen molar-refractivity contribution < 1.29 is 24.5 Å². The van der Waals surface area contributed by atoms with Gasteiger partial charge in [-0.15, -0.1) is 0 Å². The van der Waals surface area contributed by atoms with E-state index in [9.17, 15) is 14.7 Å². The Hall–Kier alpha value is -2.37. The number of rotatable bonds is 3. The van der Waals surface area contributed by atoms with Crippen molar-refractivity contribution in [2.24, 2.45) is 4.99 Å². The molecule has 0 saturated carbocycles. The lowest BCUT2D eigenvalue weighted by Crippen LogP contribution is -2.37. The maximum absolute atomic E-state index is 11.3. The smallest absolute Gasteiger partial charge is 0.335 e. The molecule has 2 atom stereocenters. The number of carbonyl (C=O) groups is 2. The van der Waals surface area contributed by atoms with Crippen LogP contribution in [0.2, 0.25) is 0 Å². The molecule has 19 heavy (non-hydrogen) atoms. The molecule has 6 nitrogen and oxygen atoms in total. The first kappa shape index (κ1) is 13.1. The van der Waals surface area contributed by atoms with Crippen LogP contribution in [0.15, 0.2) is 29.3 Å². The molecule has 2 N–H and O–H groups in total. The van der Waals surface area contributed by atoms with E-state index in [1.54, 1.807) is 19.1 Å². The van der Waals surface area contributed by atoms with Gasteiger partial charge in [0.25, 0.3) is 0 Å². The Morgan fingerprint density at radius 1 is 1.26 bits per heavy atom. The quantitative estimate of drug-likeness (QED) is 0.865. The molecule has 2 unspecified atom stereocenters. The standard InChI is InChI=1S/C13H13NO5/c1-7-14-13(2,12(17)18)10(19-7)8-3-5-9(6-4-8)11(15)16/h3-6,10H,1-2H3,(H,15,16)(H,17,18). The van der Waals surface area contributed by atoms with Gasteiger partial charge < -0.3 is 14.9 Å². The second-order valence-electron chi connectivity index (χ2n) is 4.51. The number of aliphatic carboxylic acids is 1. The van der Waals surface area contributed by atoms with Gasteiger partial charge in [0, 0.05) is 6.92 Å². The number of carboxylic acid groups (broad SMARTS) is 2. The number of carboxylic acids is 2. The second kappa shape index (κ2) is 4.38. The summed E-state index contributed by atoms with van der Waals surface area (Å²) in [6, 6.07) is 5.92. The zero-order chi connectivity index (χ0) is 14.2. The topological polar surface area (TPSA) is 96.2 Å². The van der Waals surface area contributed by atoms with Crippen LogP contribution in [0.3, 0.4) is 0 Å². The molecule has 0 aliphatic carbocycles. The minimum Gasteiger partial charge on any atom is -0.479 e. The first-order chi connectivity index (χ1) is 8.84. The first-order valence-electron chi connectivity index (χ1n) is 5.64. The molecule has 0 spiro atoms. The third-order valence-electron chi connectivity index (χ3n) is 3.08. The average Bonchev–Trinajstić information content (AvgIpc) is 2.66. The molecule has 0 saturated heterocycles. The summed E-state index contributed by atoms with van der Waals surface area (Å²) in [6.07, 6.45) is -0.757. The van der Waals surface area contributed by atoms with Crippen LogP contribution < -0.4 is 0 Å². The van der Waals surface area contributed by atoms with Gasteiger partial charge in [-0.2, -0.15) is 0 Å². The van der Waals surface area contributed by atoms with Crippen LogP contribution in [0, 0.1) is 0 Å². The highest BCUT2D eigenvalue weighted by Crippen LogP contribution is 2.38. The van der Waals surface area contributed by atoms with E-state index < -0.39 is 23.6 Å². The Kier molecular flexibility index (Phi) is 3.01. The van der Waals surface area contributed by atoms with Crippen molar-refractivity contribution >= 4 is 17.8 Å². The van der Waals surface area contributed by atoms with Crippen LogP contribution in [0.1, 0.15) is 35.9 Å². The molecule has 0 radical (unpaired) electrons. The fourth-order valence-electron chi connectivity index (χ4n) is 2.05. The maximum Gasteiger partial charge on any atom is 0.335 e. The average molecular weight is 263 g/mol. The van der Waals surface area contributed by atoms with Crippen LogP contribution in [-0.2, 0) is 9.53 Å². The third-order valence-corrected chi connectivity index (χ3v) is 3.08. The summed E-state index contributed by atoms with van der Waals surface area (Å²) in [5.41, 5.74) is -0.679. The van der Waals surface area contributed by atoms with E-state index in [4.69, 9.17) is 9.84 Å². The molecule has 0 amide bonds. The van der Waals surface area contributed by atoms with E-state index >= 15 is 0 Å². The Morgan fingerprint density at radius 3 is 2.32 bits per heavy atom. The molecule has 1 aromatic carbocycles. The van der Waals surface area contributed by atoms with Crippen molar-refractivity contribution in [1.82, 2.24) is 0 Å². The molecule has 0 aromatic heterocycles. The fourth-order valence-corrected chi connectivity index (χ4v) is 2.05. The molecular weight excluding hydrogens is 250 g/mol. The van der Waals surface area contributed by atoms with Gasteiger partial charge in [0.05, 0.1) is 5.56 Å². The van der Waals surface area contributed by atoms with Gasteiger partial charge in [0.15, 0.2) is 17.5 Å². The van der Waals surface area contributed by atoms with Crippen molar-refractivity contribution in [2.75, 3.05) is 0 Å². The van der Waals surface area contributed by atoms with Crippen LogP contribution >= 0.6 is 0 Å². The fraction of sp³-hybridized carbons (Fsp3) is 0.308. The van der Waals surface area contributed by atoms with Crippen molar-refractivity contribution in [2.45, 2.75) is 25.5 Å². The van der Waals surface area contributed by atoms with Crippen molar-refractivity contribution in [1.29, 1.82) is 0 Å². The van der Waals surface area contributed by atoms with E-state index in [1.165, 1.54) is 19.1 Å². The number of nitrogens with zero attached hydrogens (tertiary/aromatic N) is 1. The van der Waals surface area contributed by atoms with Gasteiger partial charge in [0.2, 0.25) is 0 Å². The zero-order valence-electron chi connectivity index (χ0n) is 10.5. The van der Waals surface area contributed by atoms with Gasteiger partial charge in [-0.25, -0.2) is 14.6 Å². The predicted molar refractivity (Wildman–Crippen MR) is 66.4 cm³/mol. The first-order valence-corrected chi connectivity index (χ1v) is 5.64. The SMILES string of the molecule is CC1=NC(C)(C(=O)O)C(c2ccc(C(=O)O)cc2)O1. The molecule has 6 heteroatoms. The molecule has 0 fully saturated rings. The highest BCUT2D eigenvalue weighted by Gasteiger charge is 2.48. The minimum atomic E-state index is -1.39. The lowest BCUT2D eigenvalue weighted by molar-refractivity contribution is -0.145. The summed E-state index contributed by atoms with van der Waals surface area (Å²) in [7, 11) is 0. The van der Waals surface area contributed by atoms with Gasteiger partial charge in [-0.1, -0.05) is 12.1 Å². The van der Waals surface area contributed by atoms with Crippen LogP contribution in [0.25, 0.3) is 0 Å². The summed E-state index contributed by atoms with van der Waals surface area (Å²) in [5.74, 6) is -1.82. The molecular formula is C13H13NO5. The maximum atomic E-state index is 11.3. The number of benzene rings is 1. The normalized spacial score (nSPS) is 25.6. The Labute approximate surface area is 109 Å². The number of ether oxygens (including phenoxy) is 1. The second-order valence-corrected chi connectivity index (χ2v) is 4.51. The summed E-state index contributed by atoms with van der Waals surface area (Å²) >= 11 is 0. The summed E-state index contributed by atoms with van der Waals surface area (Å²) in [5, 5.41) is 18.1. The summed E-state index contributed by atoms with van der Waals surface area (Å²) in [6.45, 7) is 3.06. The predicted octanol–water partition coefficient (Wildman–Crippen LogP) is 1.72. The van der Waals surface area contributed by atoms with E-state index in [0.29, 0.717) is 11.5 Å². The molecule has 0 bridgehead atoms. The van der Waals surface area contributed by atoms with Gasteiger partial charge in [-0.05, 0) is 24.6 Å². The van der Waals surface area contributed by atoms with Gasteiger partial charge in [0.1, 0.15) is 0 Å². The summed E-state index contributed by atoms with van der Waals surface area (Å²) in [4.78, 5) is 26.1. The van der Waals surface area contributed by atoms with Crippen LogP contribution in [-0.4, -0.2) is 33.6 Å². The highest BCUT2D eigenvalue weighted by atomic mass is 16.5. The summed E-state index contributed by atoms with van der Waals surface area (Å²) < 4.78 is 5.45. The molecule has 1 heterocycles. The van der Waals surface area contributed by atoms with Crippen LogP contribution in [0.4, 0.5) is 0 Å². The van der Waals surface area contributed by atoms with Crippen molar-refractivity contribution in [3.8, 4) is 0 Å². The lowest BCUT2D eigenvalue weighted by atomic mass is 9.90. The number of hydrogen-bond donors (Lipinski definition) is 2. The van der Waals surface area contributed by atoms with E-state index in [1.807, 2.05) is 0 Å². The van der Waals surface area contributed by atoms with Crippen molar-refractivity contribution in [3.63, 3.8) is 0 Å². The monoisotopic (exact) mass is 263 g/mol. The highest BCUT2D eigenvalue weighted by molar-refractivity contribution is 5.89. The molecule has 2 rings (SSSR count). The van der Waals surface area contributed by atoms with Crippen molar-refractivity contribution in [3.05, 3.63) is 35.4 Å². The largest absolute Gasteiger partial charge is 0.479 e. The Balaban J connectivity index is 2.37. The van der Waals surface area contributed by atoms with Gasteiger partial charge in [-0.3, -0.25) is 0 Å². The van der Waals surface area contributed by atoms with E-state index in [-0.39, 0.29) is 5.56 Å². The third kappa shape index (κ3) is 2.16. The Bertz CT molecular complexity index is 563. The number of hydrogen-bond acceptors (Lipinski definition) is 4. The van der Waals surface area contributed by atoms with E-state index in [2.05, 4.69) is 4.99 Å². The zero-order valence-corrected chi connectivity index (χ0v) is 10.5. The molecule has 100 valence electrons. The van der Waals surface area contributed by atoms with Crippen LogP contribution in [0.5, 0.6) is 0 Å². The van der Waals surface area contributed by atoms with E-state index in [0.717, 1.165) is 0 Å². The Morgan fingerprint density at radius 2 is 1.84 bits per heavy atom. The number of aromatic carboxylic acids is 1. The minimum absolute atomic E-state index is 0.136. The van der Waals surface area contributed by atoms with Gasteiger partial charge >= 0.3 is 11.9 Å². The molecule has 1 aliphatic heterocycles. The molecule has 1 aromatic rings. The molecule has 1 aliphatic rings.